The van der Waals surface area contributed by atoms with Crippen LogP contribution in [0.2, 0.25) is 0 Å². The molecule has 116 valence electrons. The molecule has 0 aliphatic heterocycles. The van der Waals surface area contributed by atoms with Gasteiger partial charge in [0.2, 0.25) is 0 Å². The molecule has 0 radical (unpaired) electrons. The largest absolute Gasteiger partial charge is 0.465 e. The van der Waals surface area contributed by atoms with Crippen molar-refractivity contribution in [1.29, 1.82) is 0 Å². The number of nitrogens with zero attached hydrogens (tertiary/aromatic N) is 1. The van der Waals surface area contributed by atoms with Crippen LogP contribution in [0.15, 0.2) is 10.5 Å². The second-order valence-electron chi connectivity index (χ2n) is 6.62. The van der Waals surface area contributed by atoms with Crippen LogP contribution >= 0.6 is 0 Å². The zero-order valence-electron chi connectivity index (χ0n) is 14.0. The molecular formula is C16H30N2O2. The Morgan fingerprint density at radius 1 is 1.40 bits per heavy atom. The SMILES string of the molecule is COCC(C)N(C)Cc1cc(CNC(C)(C)C)c(C)o1. The molecular weight excluding hydrogens is 252 g/mol. The fourth-order valence-electron chi connectivity index (χ4n) is 1.97. The van der Waals surface area contributed by atoms with Gasteiger partial charge >= 0.3 is 0 Å². The number of furan rings is 1. The maximum Gasteiger partial charge on any atom is 0.118 e. The first kappa shape index (κ1) is 17.2. The van der Waals surface area contributed by atoms with E-state index in [0.29, 0.717) is 6.04 Å². The summed E-state index contributed by atoms with van der Waals surface area (Å²) in [6.45, 7) is 13.1. The van der Waals surface area contributed by atoms with Gasteiger partial charge in [0, 0.05) is 30.8 Å². The lowest BCUT2D eigenvalue weighted by atomic mass is 10.1. The van der Waals surface area contributed by atoms with Crippen molar-refractivity contribution in [3.8, 4) is 0 Å². The van der Waals surface area contributed by atoms with Gasteiger partial charge in [-0.3, -0.25) is 4.90 Å². The fraction of sp³-hybridized carbons (Fsp3) is 0.750. The van der Waals surface area contributed by atoms with Crippen molar-refractivity contribution >= 4 is 0 Å². The summed E-state index contributed by atoms with van der Waals surface area (Å²) in [6, 6.07) is 2.53. The van der Waals surface area contributed by atoms with Crippen molar-refractivity contribution in [2.45, 2.75) is 59.3 Å². The summed E-state index contributed by atoms with van der Waals surface area (Å²) < 4.78 is 11.0. The van der Waals surface area contributed by atoms with Gasteiger partial charge in [0.15, 0.2) is 0 Å². The number of hydrogen-bond acceptors (Lipinski definition) is 4. The third kappa shape index (κ3) is 5.65. The Labute approximate surface area is 123 Å². The lowest BCUT2D eigenvalue weighted by molar-refractivity contribution is 0.107. The summed E-state index contributed by atoms with van der Waals surface area (Å²) in [5.74, 6) is 2.02. The predicted octanol–water partition coefficient (Wildman–Crippen LogP) is 2.94. The number of likely N-dealkylation sites (N-methyl/N-ethyl adjacent to an activating group) is 1. The average molecular weight is 282 g/mol. The maximum atomic E-state index is 5.86. The van der Waals surface area contributed by atoms with E-state index in [4.69, 9.17) is 9.15 Å². The number of nitrogens with one attached hydrogen (secondary N) is 1. The number of ether oxygens (including phenoxy) is 1. The quantitative estimate of drug-likeness (QED) is 0.834. The highest BCUT2D eigenvalue weighted by Gasteiger charge is 2.15. The topological polar surface area (TPSA) is 37.6 Å². The van der Waals surface area contributed by atoms with E-state index in [1.165, 1.54) is 5.56 Å². The zero-order valence-corrected chi connectivity index (χ0v) is 14.0. The molecule has 1 atom stereocenters. The highest BCUT2D eigenvalue weighted by Crippen LogP contribution is 2.17. The van der Waals surface area contributed by atoms with E-state index in [9.17, 15) is 0 Å². The van der Waals surface area contributed by atoms with Crippen LogP contribution in [0.5, 0.6) is 0 Å². The summed E-state index contributed by atoms with van der Waals surface area (Å²) in [4.78, 5) is 2.24. The number of hydrogen-bond donors (Lipinski definition) is 1. The molecule has 0 aromatic carbocycles. The average Bonchev–Trinajstić information content (AvgIpc) is 2.66. The van der Waals surface area contributed by atoms with Gasteiger partial charge in [0.05, 0.1) is 13.2 Å². The van der Waals surface area contributed by atoms with Crippen LogP contribution < -0.4 is 5.32 Å². The highest BCUT2D eigenvalue weighted by atomic mass is 16.5. The maximum absolute atomic E-state index is 5.86. The molecule has 20 heavy (non-hydrogen) atoms. The first-order chi connectivity index (χ1) is 9.23. The molecule has 0 saturated heterocycles. The molecule has 0 saturated carbocycles. The Balaban J connectivity index is 2.61. The second kappa shape index (κ2) is 7.25. The smallest absolute Gasteiger partial charge is 0.118 e. The summed E-state index contributed by atoms with van der Waals surface area (Å²) in [5, 5.41) is 3.50. The van der Waals surface area contributed by atoms with Gasteiger partial charge < -0.3 is 14.5 Å². The molecule has 0 aliphatic carbocycles. The van der Waals surface area contributed by atoms with Crippen LogP contribution in [0.4, 0.5) is 0 Å². The molecule has 1 N–H and O–H groups in total. The molecule has 1 aromatic heterocycles. The Morgan fingerprint density at radius 3 is 2.60 bits per heavy atom. The predicted molar refractivity (Wildman–Crippen MR) is 82.8 cm³/mol. The first-order valence-corrected chi connectivity index (χ1v) is 7.25. The summed E-state index contributed by atoms with van der Waals surface area (Å²) in [7, 11) is 3.83. The van der Waals surface area contributed by atoms with Crippen LogP contribution in [-0.4, -0.2) is 37.2 Å². The number of rotatable bonds is 7. The van der Waals surface area contributed by atoms with Crippen LogP contribution in [-0.2, 0) is 17.8 Å². The molecule has 1 rings (SSSR count). The molecule has 1 aromatic rings. The summed E-state index contributed by atoms with van der Waals surface area (Å²) in [6.07, 6.45) is 0. The van der Waals surface area contributed by atoms with E-state index in [1.54, 1.807) is 7.11 Å². The Hall–Kier alpha value is -0.840. The van der Waals surface area contributed by atoms with Crippen LogP contribution in [0, 0.1) is 6.92 Å². The minimum atomic E-state index is 0.119. The molecule has 0 bridgehead atoms. The third-order valence-corrected chi connectivity index (χ3v) is 3.45. The van der Waals surface area contributed by atoms with Crippen molar-refractivity contribution in [2.75, 3.05) is 20.8 Å². The normalized spacial score (nSPS) is 14.0. The van der Waals surface area contributed by atoms with Crippen LogP contribution in [0.25, 0.3) is 0 Å². The lowest BCUT2D eigenvalue weighted by Gasteiger charge is -2.22. The van der Waals surface area contributed by atoms with Crippen molar-refractivity contribution < 1.29 is 9.15 Å². The van der Waals surface area contributed by atoms with Crippen LogP contribution in [0.3, 0.4) is 0 Å². The molecule has 0 fully saturated rings. The Morgan fingerprint density at radius 2 is 2.05 bits per heavy atom. The van der Waals surface area contributed by atoms with E-state index < -0.39 is 0 Å². The minimum absolute atomic E-state index is 0.119. The van der Waals surface area contributed by atoms with Crippen molar-refractivity contribution in [3.05, 3.63) is 23.2 Å². The van der Waals surface area contributed by atoms with Gasteiger partial charge in [0.25, 0.3) is 0 Å². The van der Waals surface area contributed by atoms with Crippen molar-refractivity contribution in [2.24, 2.45) is 0 Å². The van der Waals surface area contributed by atoms with E-state index in [-0.39, 0.29) is 5.54 Å². The number of methoxy groups -OCH3 is 1. The first-order valence-electron chi connectivity index (χ1n) is 7.25. The van der Waals surface area contributed by atoms with Crippen molar-refractivity contribution in [3.63, 3.8) is 0 Å². The summed E-state index contributed by atoms with van der Waals surface area (Å²) >= 11 is 0. The van der Waals surface area contributed by atoms with E-state index in [2.05, 4.69) is 51.0 Å². The summed E-state index contributed by atoms with van der Waals surface area (Å²) in [5.41, 5.74) is 1.36. The van der Waals surface area contributed by atoms with Crippen LogP contribution in [0.1, 0.15) is 44.8 Å². The zero-order chi connectivity index (χ0) is 15.3. The Kier molecular flexibility index (Phi) is 6.24. The minimum Gasteiger partial charge on any atom is -0.465 e. The molecule has 4 heteroatoms. The molecule has 0 spiro atoms. The van der Waals surface area contributed by atoms with Gasteiger partial charge in [-0.2, -0.15) is 0 Å². The third-order valence-electron chi connectivity index (χ3n) is 3.45. The van der Waals surface area contributed by atoms with Gasteiger partial charge in [-0.05, 0) is 47.7 Å². The lowest BCUT2D eigenvalue weighted by Crippen LogP contribution is -2.35. The van der Waals surface area contributed by atoms with E-state index >= 15 is 0 Å². The number of aryl methyl sites for hydroxylation is 1. The van der Waals surface area contributed by atoms with E-state index in [1.807, 2.05) is 6.92 Å². The van der Waals surface area contributed by atoms with Gasteiger partial charge in [-0.1, -0.05) is 0 Å². The van der Waals surface area contributed by atoms with Gasteiger partial charge in [-0.25, -0.2) is 0 Å². The molecule has 0 aliphatic rings. The van der Waals surface area contributed by atoms with Gasteiger partial charge in [0.1, 0.15) is 11.5 Å². The molecule has 4 nitrogen and oxygen atoms in total. The van der Waals surface area contributed by atoms with Gasteiger partial charge in [-0.15, -0.1) is 0 Å². The fourth-order valence-corrected chi connectivity index (χ4v) is 1.97. The van der Waals surface area contributed by atoms with E-state index in [0.717, 1.165) is 31.2 Å². The molecule has 0 amide bonds. The highest BCUT2D eigenvalue weighted by molar-refractivity contribution is 5.21. The monoisotopic (exact) mass is 282 g/mol. The molecule has 1 unspecified atom stereocenters. The second-order valence-corrected chi connectivity index (χ2v) is 6.62. The van der Waals surface area contributed by atoms with Crippen molar-refractivity contribution in [1.82, 2.24) is 10.2 Å². The Bertz CT molecular complexity index is 407. The standard InChI is InChI=1S/C16H30N2O2/c1-12(11-19-7)18(6)10-15-8-14(13(2)20-15)9-17-16(3,4)5/h8,12,17H,9-11H2,1-7H3. The molecule has 1 heterocycles.